The summed E-state index contributed by atoms with van der Waals surface area (Å²) in [5.74, 6) is 0.840. The summed E-state index contributed by atoms with van der Waals surface area (Å²) in [5, 5.41) is 9.08. The first-order valence-electron chi connectivity index (χ1n) is 5.88. The number of benzene rings is 1. The minimum absolute atomic E-state index is 0.233. The standard InChI is InChI=1S/C13H18FNO2/c1-17-13-3-2-12(14)6-11(13)8-15-5-4-10(7-15)9-16/h2-3,6,10,16H,4-5,7-9H2,1H3. The van der Waals surface area contributed by atoms with Gasteiger partial charge in [0.05, 0.1) is 7.11 Å². The quantitative estimate of drug-likeness (QED) is 0.867. The highest BCUT2D eigenvalue weighted by Crippen LogP contribution is 2.24. The van der Waals surface area contributed by atoms with Crippen LogP contribution in [-0.2, 0) is 6.54 Å². The van der Waals surface area contributed by atoms with Crippen LogP contribution in [-0.4, -0.2) is 36.8 Å². The van der Waals surface area contributed by atoms with E-state index in [-0.39, 0.29) is 12.4 Å². The van der Waals surface area contributed by atoms with Crippen molar-refractivity contribution in [2.24, 2.45) is 5.92 Å². The van der Waals surface area contributed by atoms with E-state index in [4.69, 9.17) is 9.84 Å². The normalized spacial score (nSPS) is 20.8. The fourth-order valence-electron chi connectivity index (χ4n) is 2.32. The molecule has 17 heavy (non-hydrogen) atoms. The molecule has 0 aromatic heterocycles. The molecule has 1 heterocycles. The average molecular weight is 239 g/mol. The van der Waals surface area contributed by atoms with Crippen molar-refractivity contribution in [3.63, 3.8) is 0 Å². The van der Waals surface area contributed by atoms with Crippen LogP contribution in [0.5, 0.6) is 5.75 Å². The molecule has 1 fully saturated rings. The molecule has 1 unspecified atom stereocenters. The van der Waals surface area contributed by atoms with Crippen molar-refractivity contribution in [2.75, 3.05) is 26.8 Å². The highest BCUT2D eigenvalue weighted by Gasteiger charge is 2.22. The lowest BCUT2D eigenvalue weighted by molar-refractivity contribution is 0.219. The smallest absolute Gasteiger partial charge is 0.123 e. The van der Waals surface area contributed by atoms with Crippen LogP contribution >= 0.6 is 0 Å². The number of ether oxygens (including phenoxy) is 1. The summed E-state index contributed by atoms with van der Waals surface area (Å²) in [6, 6.07) is 4.58. The van der Waals surface area contributed by atoms with Crippen molar-refractivity contribution in [3.05, 3.63) is 29.6 Å². The van der Waals surface area contributed by atoms with Gasteiger partial charge in [0.2, 0.25) is 0 Å². The topological polar surface area (TPSA) is 32.7 Å². The molecule has 0 spiro atoms. The number of hydrogen-bond acceptors (Lipinski definition) is 3. The lowest BCUT2D eigenvalue weighted by Gasteiger charge is -2.17. The molecule has 2 rings (SSSR count). The maximum atomic E-state index is 13.2. The molecule has 4 heteroatoms. The molecule has 1 saturated heterocycles. The van der Waals surface area contributed by atoms with Crippen LogP contribution in [0.15, 0.2) is 18.2 Å². The van der Waals surface area contributed by atoms with Crippen molar-refractivity contribution in [1.29, 1.82) is 0 Å². The third kappa shape index (κ3) is 2.96. The Labute approximate surface area is 101 Å². The fourth-order valence-corrected chi connectivity index (χ4v) is 2.32. The van der Waals surface area contributed by atoms with Gasteiger partial charge in [0.25, 0.3) is 0 Å². The first-order valence-corrected chi connectivity index (χ1v) is 5.88. The number of likely N-dealkylation sites (tertiary alicyclic amines) is 1. The third-order valence-electron chi connectivity index (χ3n) is 3.26. The molecule has 1 atom stereocenters. The van der Waals surface area contributed by atoms with Crippen LogP contribution in [0.3, 0.4) is 0 Å². The summed E-state index contributed by atoms with van der Waals surface area (Å²) in [4.78, 5) is 2.22. The largest absolute Gasteiger partial charge is 0.496 e. The van der Waals surface area contributed by atoms with Gasteiger partial charge >= 0.3 is 0 Å². The van der Waals surface area contributed by atoms with Gasteiger partial charge in [-0.05, 0) is 37.1 Å². The van der Waals surface area contributed by atoms with E-state index >= 15 is 0 Å². The number of aliphatic hydroxyl groups excluding tert-OH is 1. The van der Waals surface area contributed by atoms with Crippen LogP contribution in [0.2, 0.25) is 0 Å². The van der Waals surface area contributed by atoms with E-state index in [1.807, 2.05) is 0 Å². The molecule has 94 valence electrons. The zero-order valence-corrected chi connectivity index (χ0v) is 10.0. The number of hydrogen-bond donors (Lipinski definition) is 1. The Morgan fingerprint density at radius 2 is 2.35 bits per heavy atom. The van der Waals surface area contributed by atoms with Crippen LogP contribution in [0, 0.1) is 11.7 Å². The molecule has 1 N–H and O–H groups in total. The Bertz CT molecular complexity index is 384. The van der Waals surface area contributed by atoms with E-state index in [0.717, 1.165) is 30.8 Å². The first kappa shape index (κ1) is 12.3. The van der Waals surface area contributed by atoms with Crippen LogP contribution in [0.1, 0.15) is 12.0 Å². The molecule has 1 aliphatic heterocycles. The molecule has 0 aliphatic carbocycles. The lowest BCUT2D eigenvalue weighted by Crippen LogP contribution is -2.21. The molecule has 0 bridgehead atoms. The van der Waals surface area contributed by atoms with E-state index in [2.05, 4.69) is 4.90 Å². The Morgan fingerprint density at radius 3 is 3.00 bits per heavy atom. The molecule has 1 aromatic carbocycles. The van der Waals surface area contributed by atoms with Gasteiger partial charge in [0, 0.05) is 25.3 Å². The van der Waals surface area contributed by atoms with E-state index in [0.29, 0.717) is 12.5 Å². The van der Waals surface area contributed by atoms with Crippen LogP contribution < -0.4 is 4.74 Å². The summed E-state index contributed by atoms with van der Waals surface area (Å²) in [6.07, 6.45) is 1.01. The summed E-state index contributed by atoms with van der Waals surface area (Å²) >= 11 is 0. The van der Waals surface area contributed by atoms with Crippen LogP contribution in [0.25, 0.3) is 0 Å². The lowest BCUT2D eigenvalue weighted by atomic mass is 10.1. The second-order valence-corrected chi connectivity index (χ2v) is 4.53. The Hall–Kier alpha value is -1.13. The van der Waals surface area contributed by atoms with E-state index < -0.39 is 0 Å². The van der Waals surface area contributed by atoms with Crippen molar-refractivity contribution in [1.82, 2.24) is 4.90 Å². The monoisotopic (exact) mass is 239 g/mol. The SMILES string of the molecule is COc1ccc(F)cc1CN1CCC(CO)C1. The fraction of sp³-hybridized carbons (Fsp3) is 0.538. The number of rotatable bonds is 4. The summed E-state index contributed by atoms with van der Waals surface area (Å²) in [5.41, 5.74) is 0.867. The summed E-state index contributed by atoms with van der Waals surface area (Å²) in [6.45, 7) is 2.73. The minimum Gasteiger partial charge on any atom is -0.496 e. The Morgan fingerprint density at radius 1 is 1.53 bits per heavy atom. The molecule has 0 amide bonds. The van der Waals surface area contributed by atoms with E-state index in [9.17, 15) is 4.39 Å². The van der Waals surface area contributed by atoms with Gasteiger partial charge in [-0.15, -0.1) is 0 Å². The van der Waals surface area contributed by atoms with Gasteiger partial charge in [0.1, 0.15) is 11.6 Å². The highest BCUT2D eigenvalue weighted by atomic mass is 19.1. The summed E-state index contributed by atoms with van der Waals surface area (Å²) in [7, 11) is 1.59. The second kappa shape index (κ2) is 5.47. The van der Waals surface area contributed by atoms with E-state index in [1.165, 1.54) is 12.1 Å². The molecule has 0 saturated carbocycles. The molecular weight excluding hydrogens is 221 g/mol. The molecule has 3 nitrogen and oxygen atoms in total. The van der Waals surface area contributed by atoms with Gasteiger partial charge in [-0.2, -0.15) is 0 Å². The van der Waals surface area contributed by atoms with E-state index in [1.54, 1.807) is 13.2 Å². The molecule has 1 aliphatic rings. The number of methoxy groups -OCH3 is 1. The Kier molecular flexibility index (Phi) is 3.97. The van der Waals surface area contributed by atoms with Gasteiger partial charge in [-0.3, -0.25) is 4.90 Å². The zero-order chi connectivity index (χ0) is 12.3. The molecule has 0 radical (unpaired) electrons. The molecule has 1 aromatic rings. The number of aliphatic hydroxyl groups is 1. The van der Waals surface area contributed by atoms with Gasteiger partial charge in [-0.25, -0.2) is 4.39 Å². The average Bonchev–Trinajstić information content (AvgIpc) is 2.77. The maximum absolute atomic E-state index is 13.2. The van der Waals surface area contributed by atoms with Crippen molar-refractivity contribution >= 4 is 0 Å². The van der Waals surface area contributed by atoms with Crippen molar-refractivity contribution in [2.45, 2.75) is 13.0 Å². The van der Waals surface area contributed by atoms with Crippen LogP contribution in [0.4, 0.5) is 4.39 Å². The number of nitrogens with zero attached hydrogens (tertiary/aromatic N) is 1. The second-order valence-electron chi connectivity index (χ2n) is 4.53. The summed E-state index contributed by atoms with van der Waals surface area (Å²) < 4.78 is 18.4. The third-order valence-corrected chi connectivity index (χ3v) is 3.26. The first-order chi connectivity index (χ1) is 8.22. The minimum atomic E-state index is -0.237. The Balaban J connectivity index is 2.05. The predicted molar refractivity (Wildman–Crippen MR) is 63.4 cm³/mol. The van der Waals surface area contributed by atoms with Gasteiger partial charge in [-0.1, -0.05) is 0 Å². The van der Waals surface area contributed by atoms with Crippen molar-refractivity contribution in [3.8, 4) is 5.75 Å². The predicted octanol–water partition coefficient (Wildman–Crippen LogP) is 1.65. The van der Waals surface area contributed by atoms with Gasteiger partial charge in [0.15, 0.2) is 0 Å². The highest BCUT2D eigenvalue weighted by molar-refractivity contribution is 5.33. The molecular formula is C13H18FNO2. The number of halogens is 1. The van der Waals surface area contributed by atoms with Crippen molar-refractivity contribution < 1.29 is 14.2 Å². The maximum Gasteiger partial charge on any atom is 0.123 e. The zero-order valence-electron chi connectivity index (χ0n) is 10.0. The van der Waals surface area contributed by atoms with Gasteiger partial charge < -0.3 is 9.84 Å².